The maximum Gasteiger partial charge on any atom is 0.472 e. The van der Waals surface area contributed by atoms with E-state index < -0.39 is 97.5 Å². The van der Waals surface area contributed by atoms with E-state index in [9.17, 15) is 43.2 Å². The molecule has 0 aromatic carbocycles. The Hall–Kier alpha value is -2.98. The van der Waals surface area contributed by atoms with Crippen LogP contribution in [0, 0.1) is 0 Å². The molecule has 0 aromatic heterocycles. The van der Waals surface area contributed by atoms with Gasteiger partial charge in [-0.05, 0) is 89.9 Å². The van der Waals surface area contributed by atoms with E-state index in [2.05, 4.69) is 76.3 Å². The van der Waals surface area contributed by atoms with Gasteiger partial charge in [0.05, 0.1) is 26.4 Å². The highest BCUT2D eigenvalue weighted by molar-refractivity contribution is 7.47. The van der Waals surface area contributed by atoms with Crippen LogP contribution in [0.5, 0.6) is 0 Å². The normalized spacial score (nSPS) is 14.1. The molecule has 17 nitrogen and oxygen atoms in total. The molecule has 0 rings (SSSR count). The standard InChI is InChI=1S/C81H150O17P2/c1-5-9-13-17-21-25-29-33-35-36-37-38-40-43-46-50-54-58-62-66-79(84)92-72-77(98-81(86)68-64-60-56-52-48-44-39-34-30-26-22-18-14-10-6-2)74-96-100(89,90)94-70-75(82)69-93-99(87,88)95-73-76(97-80(85)67-63-59-55-51-47-42-32-28-24-20-16-12-8-4)71-91-78(83)65-61-57-53-49-45-41-31-27-23-19-15-11-7-3/h21,25,33-35,37-39,75-77,82H,5-20,22-24,26-32,36,40-74H2,1-4H3,(H,87,88)(H,89,90)/b25-21-,35-33-,38-37-,39-34-. The molecule has 100 heavy (non-hydrogen) atoms. The van der Waals surface area contributed by atoms with Crippen LogP contribution in [0.1, 0.15) is 387 Å². The summed E-state index contributed by atoms with van der Waals surface area (Å²) in [5.74, 6) is -2.15. The lowest BCUT2D eigenvalue weighted by atomic mass is 10.0. The Morgan fingerprint density at radius 2 is 0.490 bits per heavy atom. The summed E-state index contributed by atoms with van der Waals surface area (Å²) in [4.78, 5) is 73.0. The third-order valence-electron chi connectivity index (χ3n) is 17.8. The zero-order valence-corrected chi connectivity index (χ0v) is 65.9. The Bertz CT molecular complexity index is 2080. The van der Waals surface area contributed by atoms with Crippen molar-refractivity contribution in [2.45, 2.75) is 406 Å². The average Bonchev–Trinajstić information content (AvgIpc) is 0.946. The molecular weight excluding hydrogens is 1310 g/mol. The van der Waals surface area contributed by atoms with Gasteiger partial charge < -0.3 is 33.8 Å². The number of aliphatic hydroxyl groups excluding tert-OH is 1. The first-order chi connectivity index (χ1) is 48.7. The molecule has 0 aliphatic rings. The van der Waals surface area contributed by atoms with E-state index in [-0.39, 0.29) is 25.7 Å². The van der Waals surface area contributed by atoms with Gasteiger partial charge in [0.1, 0.15) is 19.3 Å². The van der Waals surface area contributed by atoms with Crippen LogP contribution in [-0.2, 0) is 65.4 Å². The summed E-state index contributed by atoms with van der Waals surface area (Å²) in [7, 11) is -9.94. The summed E-state index contributed by atoms with van der Waals surface area (Å²) >= 11 is 0. The molecule has 5 unspecified atom stereocenters. The van der Waals surface area contributed by atoms with Crippen LogP contribution < -0.4 is 0 Å². The molecule has 0 saturated carbocycles. The van der Waals surface area contributed by atoms with Gasteiger partial charge in [0.15, 0.2) is 12.2 Å². The van der Waals surface area contributed by atoms with Gasteiger partial charge in [-0.2, -0.15) is 0 Å². The van der Waals surface area contributed by atoms with E-state index in [4.69, 9.17) is 37.0 Å². The average molecular weight is 1460 g/mol. The molecule has 0 aromatic rings. The van der Waals surface area contributed by atoms with Gasteiger partial charge in [0.2, 0.25) is 0 Å². The van der Waals surface area contributed by atoms with Crippen molar-refractivity contribution in [2.24, 2.45) is 0 Å². The number of unbranched alkanes of at least 4 members (excludes halogenated alkanes) is 44. The molecule has 0 aliphatic heterocycles. The molecular formula is C81H150O17P2. The number of phosphoric acid groups is 2. The molecule has 0 heterocycles. The Kier molecular flexibility index (Phi) is 72.1. The summed E-state index contributed by atoms with van der Waals surface area (Å²) in [6.45, 7) is 4.91. The van der Waals surface area contributed by atoms with Crippen molar-refractivity contribution < 1.29 is 80.2 Å². The second kappa shape index (κ2) is 74.3. The third kappa shape index (κ3) is 73.3. The van der Waals surface area contributed by atoms with Gasteiger partial charge in [-0.25, -0.2) is 9.13 Å². The van der Waals surface area contributed by atoms with Crippen LogP contribution in [0.2, 0.25) is 0 Å². The Morgan fingerprint density at radius 3 is 0.780 bits per heavy atom. The molecule has 586 valence electrons. The van der Waals surface area contributed by atoms with Crippen molar-refractivity contribution >= 4 is 39.5 Å². The number of esters is 4. The number of phosphoric ester groups is 2. The van der Waals surface area contributed by atoms with Gasteiger partial charge in [-0.1, -0.05) is 320 Å². The zero-order chi connectivity index (χ0) is 73.2. The van der Waals surface area contributed by atoms with Gasteiger partial charge in [-0.3, -0.25) is 37.3 Å². The first kappa shape index (κ1) is 97.0. The van der Waals surface area contributed by atoms with Crippen molar-refractivity contribution in [1.29, 1.82) is 0 Å². The molecule has 19 heteroatoms. The third-order valence-corrected chi connectivity index (χ3v) is 19.7. The summed E-state index contributed by atoms with van der Waals surface area (Å²) in [5, 5.41) is 10.6. The SMILES string of the molecule is CCCCC/C=C\C/C=C\C/C=C\CCCCCCCCC(=O)OCC(COP(=O)(O)OCC(O)COP(=O)(O)OCC(COC(=O)CCCCCCCCCCCCCCC)OC(=O)CCCCCCCCCCCCCCC)OC(=O)CCCCCCC/C=C\CCCCCCCC. The van der Waals surface area contributed by atoms with Gasteiger partial charge in [0, 0.05) is 25.7 Å². The first-order valence-corrected chi connectivity index (χ1v) is 43.9. The highest BCUT2D eigenvalue weighted by Gasteiger charge is 2.30. The minimum absolute atomic E-state index is 0.0872. The van der Waals surface area contributed by atoms with Crippen LogP contribution in [0.4, 0.5) is 0 Å². The summed E-state index contributed by atoms with van der Waals surface area (Å²) in [5.41, 5.74) is 0. The quantitative estimate of drug-likeness (QED) is 0.0169. The zero-order valence-electron chi connectivity index (χ0n) is 64.1. The molecule has 0 fully saturated rings. The van der Waals surface area contributed by atoms with Crippen molar-refractivity contribution in [2.75, 3.05) is 39.6 Å². The minimum Gasteiger partial charge on any atom is -0.462 e. The van der Waals surface area contributed by atoms with Crippen molar-refractivity contribution in [1.82, 2.24) is 0 Å². The lowest BCUT2D eigenvalue weighted by Gasteiger charge is -2.21. The number of hydrogen-bond acceptors (Lipinski definition) is 15. The van der Waals surface area contributed by atoms with E-state index in [1.165, 1.54) is 167 Å². The van der Waals surface area contributed by atoms with Crippen LogP contribution in [-0.4, -0.2) is 96.7 Å². The highest BCUT2D eigenvalue weighted by atomic mass is 31.2. The number of ether oxygens (including phenoxy) is 4. The van der Waals surface area contributed by atoms with E-state index >= 15 is 0 Å². The van der Waals surface area contributed by atoms with Crippen molar-refractivity contribution in [3.8, 4) is 0 Å². The second-order valence-corrected chi connectivity index (χ2v) is 30.6. The Morgan fingerprint density at radius 1 is 0.280 bits per heavy atom. The predicted molar refractivity (Wildman–Crippen MR) is 409 cm³/mol. The second-order valence-electron chi connectivity index (χ2n) is 27.7. The highest BCUT2D eigenvalue weighted by Crippen LogP contribution is 2.45. The van der Waals surface area contributed by atoms with Crippen LogP contribution in [0.3, 0.4) is 0 Å². The molecule has 0 bridgehead atoms. The summed E-state index contributed by atoms with van der Waals surface area (Å²) < 4.78 is 68.6. The van der Waals surface area contributed by atoms with Gasteiger partial charge in [-0.15, -0.1) is 0 Å². The fourth-order valence-electron chi connectivity index (χ4n) is 11.5. The van der Waals surface area contributed by atoms with Gasteiger partial charge >= 0.3 is 39.5 Å². The lowest BCUT2D eigenvalue weighted by molar-refractivity contribution is -0.161. The molecule has 0 spiro atoms. The number of aliphatic hydroxyl groups is 1. The number of allylic oxidation sites excluding steroid dienone is 8. The number of rotatable bonds is 78. The molecule has 5 atom stereocenters. The number of hydrogen-bond donors (Lipinski definition) is 3. The predicted octanol–water partition coefficient (Wildman–Crippen LogP) is 23.7. The monoisotopic (exact) mass is 1460 g/mol. The fourth-order valence-corrected chi connectivity index (χ4v) is 13.1. The van der Waals surface area contributed by atoms with Crippen LogP contribution in [0.25, 0.3) is 0 Å². The van der Waals surface area contributed by atoms with E-state index in [1.54, 1.807) is 0 Å². The maximum absolute atomic E-state index is 13.1. The summed E-state index contributed by atoms with van der Waals surface area (Å²) in [6.07, 6.45) is 72.2. The van der Waals surface area contributed by atoms with Crippen LogP contribution >= 0.6 is 15.6 Å². The number of carbonyl (C=O) groups excluding carboxylic acids is 4. The Balaban J connectivity index is 5.31. The maximum atomic E-state index is 13.1. The minimum atomic E-state index is -4.97. The van der Waals surface area contributed by atoms with E-state index in [0.29, 0.717) is 25.7 Å². The van der Waals surface area contributed by atoms with Crippen LogP contribution in [0.15, 0.2) is 48.6 Å². The van der Waals surface area contributed by atoms with E-state index in [0.717, 1.165) is 141 Å². The van der Waals surface area contributed by atoms with E-state index in [1.807, 2.05) is 0 Å². The molecule has 0 amide bonds. The topological polar surface area (TPSA) is 237 Å². The summed E-state index contributed by atoms with van der Waals surface area (Å²) in [6, 6.07) is 0. The molecule has 0 radical (unpaired) electrons. The molecule has 0 saturated heterocycles. The first-order valence-electron chi connectivity index (χ1n) is 40.9. The fraction of sp³-hybridized carbons (Fsp3) is 0.852. The Labute approximate surface area is 610 Å². The lowest BCUT2D eigenvalue weighted by Crippen LogP contribution is -2.30. The number of carbonyl (C=O) groups is 4. The molecule has 0 aliphatic carbocycles. The molecule has 3 N–H and O–H groups in total. The largest absolute Gasteiger partial charge is 0.472 e. The van der Waals surface area contributed by atoms with Crippen molar-refractivity contribution in [3.63, 3.8) is 0 Å². The smallest absolute Gasteiger partial charge is 0.462 e. The van der Waals surface area contributed by atoms with Gasteiger partial charge in [0.25, 0.3) is 0 Å². The van der Waals surface area contributed by atoms with Crippen molar-refractivity contribution in [3.05, 3.63) is 48.6 Å².